The lowest BCUT2D eigenvalue weighted by molar-refractivity contribution is -0.275. The number of carbonyl (C=O) groups is 1. The van der Waals surface area contributed by atoms with Crippen LogP contribution in [0.5, 0.6) is 5.75 Å². The van der Waals surface area contributed by atoms with Gasteiger partial charge in [0.2, 0.25) is 0 Å². The first-order valence-corrected chi connectivity index (χ1v) is 4.83. The molecule has 100 valence electrons. The van der Waals surface area contributed by atoms with Crippen LogP contribution in [0, 0.1) is 6.92 Å². The largest absolute Gasteiger partial charge is 0.573 e. The SMILES string of the molecule is COC(=O)c1cc(C)nc(CN)c1OC(F)(F)F. The molecule has 0 aromatic carbocycles. The van der Waals surface area contributed by atoms with Crippen molar-refractivity contribution in [3.8, 4) is 5.75 Å². The highest BCUT2D eigenvalue weighted by molar-refractivity contribution is 5.92. The van der Waals surface area contributed by atoms with Crippen molar-refractivity contribution < 1.29 is 27.4 Å². The van der Waals surface area contributed by atoms with Crippen LogP contribution < -0.4 is 10.5 Å². The predicted octanol–water partition coefficient (Wildman–Crippen LogP) is 1.53. The lowest BCUT2D eigenvalue weighted by Gasteiger charge is -2.15. The van der Waals surface area contributed by atoms with E-state index < -0.39 is 18.1 Å². The third-order valence-electron chi connectivity index (χ3n) is 1.99. The number of nitrogens with zero attached hydrogens (tertiary/aromatic N) is 1. The van der Waals surface area contributed by atoms with Crippen LogP contribution in [-0.4, -0.2) is 24.4 Å². The molecule has 18 heavy (non-hydrogen) atoms. The Bertz CT molecular complexity index is 460. The summed E-state index contributed by atoms with van der Waals surface area (Å²) in [5.41, 5.74) is 5.11. The molecule has 0 saturated heterocycles. The molecule has 5 nitrogen and oxygen atoms in total. The Morgan fingerprint density at radius 1 is 1.50 bits per heavy atom. The molecule has 1 aromatic rings. The van der Waals surface area contributed by atoms with E-state index in [0.717, 1.165) is 13.2 Å². The molecule has 8 heteroatoms. The Balaban J connectivity index is 3.38. The predicted molar refractivity (Wildman–Crippen MR) is 54.9 cm³/mol. The minimum Gasteiger partial charge on any atom is -0.465 e. The first kappa shape index (κ1) is 14.2. The van der Waals surface area contributed by atoms with Gasteiger partial charge in [-0.2, -0.15) is 0 Å². The Morgan fingerprint density at radius 3 is 2.56 bits per heavy atom. The van der Waals surface area contributed by atoms with Crippen LogP contribution in [0.25, 0.3) is 0 Å². The lowest BCUT2D eigenvalue weighted by Crippen LogP contribution is -2.22. The number of nitrogens with two attached hydrogens (primary N) is 1. The Morgan fingerprint density at radius 2 is 2.11 bits per heavy atom. The van der Waals surface area contributed by atoms with Crippen molar-refractivity contribution in [2.45, 2.75) is 19.8 Å². The summed E-state index contributed by atoms with van der Waals surface area (Å²) in [7, 11) is 1.05. The van der Waals surface area contributed by atoms with E-state index in [4.69, 9.17) is 5.73 Å². The average molecular weight is 264 g/mol. The number of hydrogen-bond acceptors (Lipinski definition) is 5. The number of methoxy groups -OCH3 is 1. The van der Waals surface area contributed by atoms with Crippen LogP contribution in [0.1, 0.15) is 21.7 Å². The molecule has 0 amide bonds. The third kappa shape index (κ3) is 3.33. The molecule has 0 aliphatic rings. The van der Waals surface area contributed by atoms with Gasteiger partial charge in [-0.15, -0.1) is 13.2 Å². The van der Waals surface area contributed by atoms with Gasteiger partial charge in [0.1, 0.15) is 5.56 Å². The monoisotopic (exact) mass is 264 g/mol. The molecule has 0 fully saturated rings. The van der Waals surface area contributed by atoms with Gasteiger partial charge in [0.05, 0.1) is 12.8 Å². The van der Waals surface area contributed by atoms with Gasteiger partial charge < -0.3 is 15.2 Å². The number of aryl methyl sites for hydroxylation is 1. The topological polar surface area (TPSA) is 74.4 Å². The second kappa shape index (κ2) is 5.21. The minimum absolute atomic E-state index is 0.160. The van der Waals surface area contributed by atoms with Crippen LogP contribution in [0.15, 0.2) is 6.07 Å². The van der Waals surface area contributed by atoms with Crippen LogP contribution in [0.4, 0.5) is 13.2 Å². The summed E-state index contributed by atoms with van der Waals surface area (Å²) in [6, 6.07) is 1.14. The summed E-state index contributed by atoms with van der Waals surface area (Å²) in [5.74, 6) is -1.67. The summed E-state index contributed by atoms with van der Waals surface area (Å²) in [4.78, 5) is 15.2. The van der Waals surface area contributed by atoms with Crippen molar-refractivity contribution in [2.75, 3.05) is 7.11 Å². The lowest BCUT2D eigenvalue weighted by atomic mass is 10.1. The van der Waals surface area contributed by atoms with Crippen molar-refractivity contribution in [2.24, 2.45) is 5.73 Å². The molecule has 0 atom stereocenters. The molecule has 2 N–H and O–H groups in total. The quantitative estimate of drug-likeness (QED) is 0.838. The molecule has 0 aliphatic heterocycles. The van der Waals surface area contributed by atoms with E-state index in [9.17, 15) is 18.0 Å². The van der Waals surface area contributed by atoms with E-state index in [-0.39, 0.29) is 17.8 Å². The second-order valence-corrected chi connectivity index (χ2v) is 3.33. The standard InChI is InChI=1S/C10H11F3N2O3/c1-5-3-6(9(16)17-2)8(7(4-14)15-5)18-10(11,12)13/h3H,4,14H2,1-2H3. The van der Waals surface area contributed by atoms with E-state index in [1.54, 1.807) is 0 Å². The van der Waals surface area contributed by atoms with Crippen molar-refractivity contribution in [1.82, 2.24) is 4.98 Å². The molecule has 1 aromatic heterocycles. The smallest absolute Gasteiger partial charge is 0.465 e. The summed E-state index contributed by atoms with van der Waals surface area (Å²) >= 11 is 0. The molecule has 0 unspecified atom stereocenters. The van der Waals surface area contributed by atoms with Crippen molar-refractivity contribution in [3.05, 3.63) is 23.0 Å². The zero-order valence-corrected chi connectivity index (χ0v) is 9.67. The molecule has 0 bridgehead atoms. The number of ether oxygens (including phenoxy) is 2. The summed E-state index contributed by atoms with van der Waals surface area (Å²) in [6.45, 7) is 1.22. The van der Waals surface area contributed by atoms with Crippen molar-refractivity contribution in [1.29, 1.82) is 0 Å². The van der Waals surface area contributed by atoms with Gasteiger partial charge in [0, 0.05) is 12.2 Å². The molecular weight excluding hydrogens is 253 g/mol. The molecule has 0 spiro atoms. The van der Waals surface area contributed by atoms with E-state index in [0.29, 0.717) is 5.69 Å². The Hall–Kier alpha value is -1.83. The van der Waals surface area contributed by atoms with Crippen LogP contribution >= 0.6 is 0 Å². The fourth-order valence-corrected chi connectivity index (χ4v) is 1.36. The van der Waals surface area contributed by atoms with Crippen molar-refractivity contribution in [3.63, 3.8) is 0 Å². The molecule has 0 aliphatic carbocycles. The maximum Gasteiger partial charge on any atom is 0.573 e. The number of rotatable bonds is 3. The van der Waals surface area contributed by atoms with E-state index in [1.807, 2.05) is 0 Å². The highest BCUT2D eigenvalue weighted by Gasteiger charge is 2.35. The molecule has 0 radical (unpaired) electrons. The first-order valence-electron chi connectivity index (χ1n) is 4.83. The number of alkyl halides is 3. The van der Waals surface area contributed by atoms with Gasteiger partial charge in [-0.05, 0) is 13.0 Å². The van der Waals surface area contributed by atoms with Gasteiger partial charge in [-0.1, -0.05) is 0 Å². The van der Waals surface area contributed by atoms with E-state index in [2.05, 4.69) is 14.5 Å². The average Bonchev–Trinajstić information content (AvgIpc) is 2.28. The molecular formula is C10H11F3N2O3. The highest BCUT2D eigenvalue weighted by Crippen LogP contribution is 2.30. The van der Waals surface area contributed by atoms with Crippen LogP contribution in [-0.2, 0) is 11.3 Å². The van der Waals surface area contributed by atoms with Gasteiger partial charge >= 0.3 is 12.3 Å². The van der Waals surface area contributed by atoms with Gasteiger partial charge in [0.15, 0.2) is 5.75 Å². The number of carbonyl (C=O) groups excluding carboxylic acids is 1. The summed E-state index contributed by atoms with van der Waals surface area (Å²) in [5, 5.41) is 0. The maximum atomic E-state index is 12.3. The zero-order chi connectivity index (χ0) is 13.9. The summed E-state index contributed by atoms with van der Waals surface area (Å²) in [6.07, 6.45) is -4.94. The second-order valence-electron chi connectivity index (χ2n) is 3.33. The Kier molecular flexibility index (Phi) is 4.12. The maximum absolute atomic E-state index is 12.3. The number of esters is 1. The van der Waals surface area contributed by atoms with Crippen molar-refractivity contribution >= 4 is 5.97 Å². The Labute approximate surface area is 101 Å². The van der Waals surface area contributed by atoms with Gasteiger partial charge in [-0.3, -0.25) is 4.98 Å². The van der Waals surface area contributed by atoms with E-state index in [1.165, 1.54) is 6.92 Å². The van der Waals surface area contributed by atoms with E-state index >= 15 is 0 Å². The van der Waals surface area contributed by atoms with Crippen LogP contribution in [0.3, 0.4) is 0 Å². The summed E-state index contributed by atoms with van der Waals surface area (Å²) < 4.78 is 45.0. The highest BCUT2D eigenvalue weighted by atomic mass is 19.4. The fraction of sp³-hybridized carbons (Fsp3) is 0.400. The first-order chi connectivity index (χ1) is 8.28. The minimum atomic E-state index is -4.94. The zero-order valence-electron chi connectivity index (χ0n) is 9.67. The molecule has 1 heterocycles. The number of hydrogen-bond donors (Lipinski definition) is 1. The number of aromatic nitrogens is 1. The van der Waals surface area contributed by atoms with Gasteiger partial charge in [0.25, 0.3) is 0 Å². The van der Waals surface area contributed by atoms with Gasteiger partial charge in [-0.25, -0.2) is 4.79 Å². The molecule has 0 saturated carbocycles. The third-order valence-corrected chi connectivity index (χ3v) is 1.99. The number of pyridine rings is 1. The number of halogens is 3. The fourth-order valence-electron chi connectivity index (χ4n) is 1.36. The normalized spacial score (nSPS) is 11.2. The molecule has 1 rings (SSSR count). The van der Waals surface area contributed by atoms with Crippen LogP contribution in [0.2, 0.25) is 0 Å².